The maximum atomic E-state index is 10.7. The highest BCUT2D eigenvalue weighted by Crippen LogP contribution is 2.55. The fourth-order valence-electron chi connectivity index (χ4n) is 5.11. The zero-order valence-corrected chi connectivity index (χ0v) is 33.2. The maximum absolute atomic E-state index is 10.7. The van der Waals surface area contributed by atoms with E-state index < -0.39 is 17.2 Å². The Labute approximate surface area is 311 Å². The minimum Gasteiger partial charge on any atom is -0.493 e. The van der Waals surface area contributed by atoms with Gasteiger partial charge >= 0.3 is 17.2 Å². The van der Waals surface area contributed by atoms with Crippen LogP contribution in [0.4, 0.5) is 0 Å². The molecule has 0 aliphatic carbocycles. The number of aliphatic hydroxyl groups is 1. The fraction of sp³-hybridized carbons (Fsp3) is 0.238. The number of aryl methyl sites for hydroxylation is 4. The molecule has 4 aromatic rings. The summed E-state index contributed by atoms with van der Waals surface area (Å²) in [6.07, 6.45) is 3.62. The van der Waals surface area contributed by atoms with Crippen LogP contribution in [0.1, 0.15) is 55.5 Å². The number of para-hydroxylation sites is 2. The van der Waals surface area contributed by atoms with Gasteiger partial charge in [-0.3, -0.25) is 0 Å². The van der Waals surface area contributed by atoms with Crippen molar-refractivity contribution in [1.29, 1.82) is 0 Å². The highest BCUT2D eigenvalue weighted by atomic mass is 31.2. The lowest BCUT2D eigenvalue weighted by Gasteiger charge is -2.25. The van der Waals surface area contributed by atoms with Crippen LogP contribution in [-0.2, 0) is 15.7 Å². The highest BCUT2D eigenvalue weighted by molar-refractivity contribution is 7.43. The van der Waals surface area contributed by atoms with Gasteiger partial charge in [0.15, 0.2) is 11.5 Å². The average molecular weight is 743 g/mol. The van der Waals surface area contributed by atoms with Gasteiger partial charge in [0.05, 0.1) is 13.7 Å². The molecule has 0 radical (unpaired) electrons. The van der Waals surface area contributed by atoms with Crippen LogP contribution in [0.15, 0.2) is 121 Å². The Kier molecular flexibility index (Phi) is 14.4. The topological polar surface area (TPSA) is 84.8 Å². The fourth-order valence-corrected chi connectivity index (χ4v) is 7.61. The number of benzene rings is 4. The Balaban J connectivity index is 1.92. The SMILES string of the molecule is C=C(C)/C(=C\C)OP(Oc1ccccc1C)Oc1c(CO)cc(C)cc1-c1cc(C)cc(OC)c1OP(O/C(=C/C)C(=C)C)Oc1ccccc1C. The Bertz CT molecular complexity index is 1820. The molecule has 4 rings (SSSR count). The van der Waals surface area contributed by atoms with Crippen LogP contribution in [0.25, 0.3) is 11.1 Å². The van der Waals surface area contributed by atoms with Gasteiger partial charge in [-0.2, -0.15) is 0 Å². The van der Waals surface area contributed by atoms with Crippen molar-refractivity contribution in [3.63, 3.8) is 0 Å². The number of ether oxygens (including phenoxy) is 1. The van der Waals surface area contributed by atoms with Gasteiger partial charge in [0, 0.05) is 16.7 Å². The highest BCUT2D eigenvalue weighted by Gasteiger charge is 2.30. The number of allylic oxidation sites excluding steroid dienone is 4. The first kappa shape index (κ1) is 40.0. The zero-order chi connectivity index (χ0) is 37.9. The van der Waals surface area contributed by atoms with Crippen LogP contribution in [0.3, 0.4) is 0 Å². The van der Waals surface area contributed by atoms with Gasteiger partial charge in [0.2, 0.25) is 0 Å². The first-order valence-electron chi connectivity index (χ1n) is 16.8. The Morgan fingerprint density at radius 2 is 1.08 bits per heavy atom. The van der Waals surface area contributed by atoms with Gasteiger partial charge in [0.1, 0.15) is 28.8 Å². The van der Waals surface area contributed by atoms with Crippen molar-refractivity contribution in [2.75, 3.05) is 7.11 Å². The molecule has 0 aliphatic heterocycles. The zero-order valence-electron chi connectivity index (χ0n) is 31.4. The van der Waals surface area contributed by atoms with E-state index >= 15 is 0 Å². The molecule has 0 heterocycles. The van der Waals surface area contributed by atoms with Gasteiger partial charge in [-0.05, 0) is 131 Å². The summed E-state index contributed by atoms with van der Waals surface area (Å²) in [6.45, 7) is 23.1. The second-order valence-electron chi connectivity index (χ2n) is 12.2. The van der Waals surface area contributed by atoms with Crippen molar-refractivity contribution in [2.45, 2.75) is 62.0 Å². The molecule has 52 heavy (non-hydrogen) atoms. The van der Waals surface area contributed by atoms with Crippen molar-refractivity contribution in [2.24, 2.45) is 0 Å². The molecule has 0 amide bonds. The molecule has 2 unspecified atom stereocenters. The van der Waals surface area contributed by atoms with Crippen LogP contribution < -0.4 is 22.8 Å². The predicted octanol–water partition coefficient (Wildman–Crippen LogP) is 12.5. The number of methoxy groups -OCH3 is 1. The van der Waals surface area contributed by atoms with Crippen molar-refractivity contribution in [1.82, 2.24) is 0 Å². The van der Waals surface area contributed by atoms with Gasteiger partial charge in [0.25, 0.3) is 0 Å². The van der Waals surface area contributed by atoms with E-state index in [9.17, 15) is 5.11 Å². The first-order chi connectivity index (χ1) is 24.9. The van der Waals surface area contributed by atoms with Gasteiger partial charge < -0.3 is 37.0 Å². The molecule has 4 aromatic carbocycles. The molecule has 274 valence electrons. The van der Waals surface area contributed by atoms with Gasteiger partial charge in [-0.15, -0.1) is 0 Å². The summed E-state index contributed by atoms with van der Waals surface area (Å²) in [5.74, 6) is 3.40. The second-order valence-corrected chi connectivity index (χ2v) is 14.2. The lowest BCUT2D eigenvalue weighted by Crippen LogP contribution is -2.06. The van der Waals surface area contributed by atoms with Crippen molar-refractivity contribution < 1.29 is 37.0 Å². The van der Waals surface area contributed by atoms with E-state index in [2.05, 4.69) is 13.2 Å². The molecule has 10 heteroatoms. The minimum atomic E-state index is -2.12. The van der Waals surface area contributed by atoms with E-state index in [0.717, 1.165) is 22.3 Å². The number of hydrogen-bond donors (Lipinski definition) is 1. The largest absolute Gasteiger partial charge is 0.530 e. The van der Waals surface area contributed by atoms with E-state index in [1.807, 2.05) is 140 Å². The lowest BCUT2D eigenvalue weighted by molar-refractivity contribution is 0.275. The molecule has 0 aliphatic rings. The normalized spacial score (nSPS) is 12.7. The lowest BCUT2D eigenvalue weighted by atomic mass is 9.96. The molecule has 0 bridgehead atoms. The molecule has 0 fully saturated rings. The average Bonchev–Trinajstić information content (AvgIpc) is 3.11. The molecule has 8 nitrogen and oxygen atoms in total. The third-order valence-electron chi connectivity index (χ3n) is 7.77. The van der Waals surface area contributed by atoms with E-state index in [0.29, 0.717) is 68.1 Å². The smallest absolute Gasteiger partial charge is 0.493 e. The molecule has 1 N–H and O–H groups in total. The summed E-state index contributed by atoms with van der Waals surface area (Å²) in [6, 6.07) is 22.9. The third kappa shape index (κ3) is 10.2. The number of aliphatic hydroxyl groups excluding tert-OH is 1. The van der Waals surface area contributed by atoms with E-state index in [-0.39, 0.29) is 6.61 Å². The van der Waals surface area contributed by atoms with Gasteiger partial charge in [-0.25, -0.2) is 0 Å². The summed E-state index contributed by atoms with van der Waals surface area (Å²) in [5.41, 5.74) is 6.76. The summed E-state index contributed by atoms with van der Waals surface area (Å²) in [7, 11) is -2.66. The van der Waals surface area contributed by atoms with Gasteiger partial charge in [-0.1, -0.05) is 55.6 Å². The van der Waals surface area contributed by atoms with Crippen molar-refractivity contribution in [3.8, 4) is 39.9 Å². The standard InChI is InChI=1S/C42H48O8P2/c1-12-36(27(3)4)45-51(47-38-20-16-14-18-31(38)9)49-41-33(26-43)22-29(7)23-34(41)35-24-30(8)25-40(44-11)42(35)50-52(46-37(13-2)28(5)6)48-39-21-17-15-19-32(39)10/h12-25,43H,3,5,26H2,1-2,4,6-11H3/b36-12+,37-13+. The van der Waals surface area contributed by atoms with Crippen LogP contribution in [0.2, 0.25) is 0 Å². The van der Waals surface area contributed by atoms with E-state index in [1.165, 1.54) is 0 Å². The van der Waals surface area contributed by atoms with Crippen LogP contribution in [0, 0.1) is 27.7 Å². The summed E-state index contributed by atoms with van der Waals surface area (Å²) in [5, 5.41) is 10.7. The maximum Gasteiger partial charge on any atom is 0.530 e. The Morgan fingerprint density at radius 3 is 1.50 bits per heavy atom. The summed E-state index contributed by atoms with van der Waals surface area (Å²) in [4.78, 5) is 0. The predicted molar refractivity (Wildman–Crippen MR) is 212 cm³/mol. The second kappa shape index (κ2) is 18.7. The van der Waals surface area contributed by atoms with Crippen LogP contribution in [-0.4, -0.2) is 12.2 Å². The molecule has 0 saturated heterocycles. The molecule has 0 saturated carbocycles. The van der Waals surface area contributed by atoms with Crippen molar-refractivity contribution in [3.05, 3.63) is 149 Å². The van der Waals surface area contributed by atoms with Crippen LogP contribution in [0.5, 0.6) is 28.7 Å². The van der Waals surface area contributed by atoms with E-state index in [1.54, 1.807) is 7.11 Å². The molecule has 0 aromatic heterocycles. The third-order valence-corrected chi connectivity index (χ3v) is 9.81. The Morgan fingerprint density at radius 1 is 0.635 bits per heavy atom. The summed E-state index contributed by atoms with van der Waals surface area (Å²) < 4.78 is 45.0. The minimum absolute atomic E-state index is 0.316. The quantitative estimate of drug-likeness (QED) is 0.0650. The van der Waals surface area contributed by atoms with Crippen molar-refractivity contribution >= 4 is 17.2 Å². The molecule has 2 atom stereocenters. The monoisotopic (exact) mass is 742 g/mol. The van der Waals surface area contributed by atoms with E-state index in [4.69, 9.17) is 31.9 Å². The number of rotatable bonds is 17. The summed E-state index contributed by atoms with van der Waals surface area (Å²) >= 11 is 0. The molecule has 0 spiro atoms. The molecular formula is C42H48O8P2. The number of hydrogen-bond acceptors (Lipinski definition) is 8. The Hall–Kier alpha value is -4.74. The first-order valence-corrected chi connectivity index (χ1v) is 18.9. The molecular weight excluding hydrogens is 694 g/mol. The van der Waals surface area contributed by atoms with Crippen LogP contribution >= 0.6 is 17.2 Å².